The first-order valence-electron chi connectivity index (χ1n) is 5.14. The number of hydrogen-bond acceptors (Lipinski definition) is 6. The molecule has 0 aliphatic carbocycles. The standard InChI is InChI=1S/C10H8F2N4O3/c1-13-4-7-14-15-10(19-7)8-5(11)2-3-6(9(8)12)16(17)18/h2-3,13H,4H2,1H3. The molecule has 0 amide bonds. The summed E-state index contributed by atoms with van der Waals surface area (Å²) in [6.07, 6.45) is 0. The molecule has 9 heteroatoms. The van der Waals surface area contributed by atoms with Crippen LogP contribution in [0.15, 0.2) is 16.5 Å². The highest BCUT2D eigenvalue weighted by Gasteiger charge is 2.26. The van der Waals surface area contributed by atoms with Gasteiger partial charge in [0.15, 0.2) is 0 Å². The first-order chi connectivity index (χ1) is 9.04. The minimum atomic E-state index is -1.34. The van der Waals surface area contributed by atoms with E-state index in [1.165, 1.54) is 0 Å². The zero-order valence-corrected chi connectivity index (χ0v) is 9.68. The number of nitro benzene ring substituents is 1. The molecular weight excluding hydrogens is 262 g/mol. The van der Waals surface area contributed by atoms with Crippen LogP contribution in [0.4, 0.5) is 14.5 Å². The number of nitrogens with zero attached hydrogens (tertiary/aromatic N) is 3. The van der Waals surface area contributed by atoms with Gasteiger partial charge < -0.3 is 9.73 Å². The molecule has 0 aliphatic rings. The fourth-order valence-electron chi connectivity index (χ4n) is 1.46. The van der Waals surface area contributed by atoms with Gasteiger partial charge in [0.2, 0.25) is 11.7 Å². The molecule has 0 atom stereocenters. The Morgan fingerprint density at radius 3 is 2.79 bits per heavy atom. The number of benzene rings is 1. The van der Waals surface area contributed by atoms with Crippen LogP contribution < -0.4 is 5.32 Å². The minimum Gasteiger partial charge on any atom is -0.419 e. The molecule has 1 aromatic heterocycles. The summed E-state index contributed by atoms with van der Waals surface area (Å²) in [5.74, 6) is -2.68. The summed E-state index contributed by atoms with van der Waals surface area (Å²) in [7, 11) is 1.62. The number of nitro groups is 1. The predicted octanol–water partition coefficient (Wildman–Crippen LogP) is 1.64. The summed E-state index contributed by atoms with van der Waals surface area (Å²) in [4.78, 5) is 9.64. The van der Waals surface area contributed by atoms with Crippen molar-refractivity contribution in [2.24, 2.45) is 0 Å². The Morgan fingerprint density at radius 1 is 1.42 bits per heavy atom. The van der Waals surface area contributed by atoms with Crippen LogP contribution in [0.5, 0.6) is 0 Å². The number of hydrogen-bond donors (Lipinski definition) is 1. The Labute approximate surface area is 105 Å². The van der Waals surface area contributed by atoms with E-state index in [-0.39, 0.29) is 12.4 Å². The van der Waals surface area contributed by atoms with Crippen molar-refractivity contribution in [3.05, 3.63) is 39.8 Å². The molecule has 1 aromatic carbocycles. The van der Waals surface area contributed by atoms with Gasteiger partial charge in [0.05, 0.1) is 11.5 Å². The summed E-state index contributed by atoms with van der Waals surface area (Å²) in [5.41, 5.74) is -1.56. The molecule has 1 heterocycles. The van der Waals surface area contributed by atoms with Gasteiger partial charge in [-0.1, -0.05) is 0 Å². The molecule has 7 nitrogen and oxygen atoms in total. The Morgan fingerprint density at radius 2 is 2.16 bits per heavy atom. The summed E-state index contributed by atoms with van der Waals surface area (Å²) in [6.45, 7) is 0.213. The maximum absolute atomic E-state index is 13.8. The Bertz CT molecular complexity index is 629. The third kappa shape index (κ3) is 2.40. The summed E-state index contributed by atoms with van der Waals surface area (Å²) < 4.78 is 32.4. The van der Waals surface area contributed by atoms with Crippen LogP contribution in [0.1, 0.15) is 5.89 Å². The molecule has 0 bridgehead atoms. The smallest absolute Gasteiger partial charge is 0.305 e. The average molecular weight is 270 g/mol. The molecule has 19 heavy (non-hydrogen) atoms. The van der Waals surface area contributed by atoms with E-state index in [1.807, 2.05) is 0 Å². The normalized spacial score (nSPS) is 10.7. The quantitative estimate of drug-likeness (QED) is 0.670. The van der Waals surface area contributed by atoms with Crippen molar-refractivity contribution in [3.8, 4) is 11.5 Å². The van der Waals surface area contributed by atoms with Crippen molar-refractivity contribution in [1.29, 1.82) is 0 Å². The van der Waals surface area contributed by atoms with Crippen molar-refractivity contribution in [1.82, 2.24) is 15.5 Å². The molecule has 0 fully saturated rings. The molecule has 0 unspecified atom stereocenters. The van der Waals surface area contributed by atoms with Gasteiger partial charge in [-0.05, 0) is 13.1 Å². The van der Waals surface area contributed by atoms with Gasteiger partial charge in [0.1, 0.15) is 11.4 Å². The lowest BCUT2D eigenvalue weighted by Crippen LogP contribution is -2.04. The largest absolute Gasteiger partial charge is 0.419 e. The van der Waals surface area contributed by atoms with Crippen molar-refractivity contribution in [2.75, 3.05) is 7.05 Å². The van der Waals surface area contributed by atoms with Crippen LogP contribution in [-0.4, -0.2) is 22.2 Å². The van der Waals surface area contributed by atoms with Gasteiger partial charge in [-0.3, -0.25) is 10.1 Å². The summed E-state index contributed by atoms with van der Waals surface area (Å²) in [5, 5.41) is 20.3. The van der Waals surface area contributed by atoms with Gasteiger partial charge in [-0.25, -0.2) is 4.39 Å². The monoisotopic (exact) mass is 270 g/mol. The van der Waals surface area contributed by atoms with Crippen LogP contribution in [0, 0.1) is 21.7 Å². The third-order valence-corrected chi connectivity index (χ3v) is 2.28. The second kappa shape index (κ2) is 5.06. The highest BCUT2D eigenvalue weighted by atomic mass is 19.1. The van der Waals surface area contributed by atoms with Gasteiger partial charge >= 0.3 is 5.69 Å². The summed E-state index contributed by atoms with van der Waals surface area (Å²) >= 11 is 0. The Hall–Kier alpha value is -2.42. The zero-order chi connectivity index (χ0) is 14.0. The van der Waals surface area contributed by atoms with E-state index < -0.39 is 33.7 Å². The maximum atomic E-state index is 13.8. The highest BCUT2D eigenvalue weighted by Crippen LogP contribution is 2.30. The van der Waals surface area contributed by atoms with E-state index in [9.17, 15) is 18.9 Å². The molecule has 0 spiro atoms. The van der Waals surface area contributed by atoms with Crippen molar-refractivity contribution >= 4 is 5.69 Å². The molecule has 1 N–H and O–H groups in total. The zero-order valence-electron chi connectivity index (χ0n) is 9.68. The average Bonchev–Trinajstić information content (AvgIpc) is 2.77. The van der Waals surface area contributed by atoms with E-state index in [4.69, 9.17) is 4.42 Å². The number of halogens is 2. The second-order valence-corrected chi connectivity index (χ2v) is 3.54. The topological polar surface area (TPSA) is 94.1 Å². The lowest BCUT2D eigenvalue weighted by Gasteiger charge is -2.00. The Kier molecular flexibility index (Phi) is 3.47. The molecule has 0 saturated heterocycles. The first kappa shape index (κ1) is 13.0. The fraction of sp³-hybridized carbons (Fsp3) is 0.200. The molecule has 0 radical (unpaired) electrons. The number of nitrogens with one attached hydrogen (secondary N) is 1. The molecule has 100 valence electrons. The minimum absolute atomic E-state index is 0.114. The van der Waals surface area contributed by atoms with E-state index in [0.717, 1.165) is 12.1 Å². The fourth-order valence-corrected chi connectivity index (χ4v) is 1.46. The molecule has 0 aliphatic heterocycles. The lowest BCUT2D eigenvalue weighted by molar-refractivity contribution is -0.387. The van der Waals surface area contributed by atoms with Crippen molar-refractivity contribution in [3.63, 3.8) is 0 Å². The van der Waals surface area contributed by atoms with Crippen LogP contribution in [0.2, 0.25) is 0 Å². The summed E-state index contributed by atoms with van der Waals surface area (Å²) in [6, 6.07) is 1.51. The van der Waals surface area contributed by atoms with E-state index in [1.54, 1.807) is 7.05 Å². The van der Waals surface area contributed by atoms with E-state index in [0.29, 0.717) is 0 Å². The van der Waals surface area contributed by atoms with Crippen LogP contribution in [0.3, 0.4) is 0 Å². The van der Waals surface area contributed by atoms with E-state index >= 15 is 0 Å². The van der Waals surface area contributed by atoms with Crippen LogP contribution >= 0.6 is 0 Å². The van der Waals surface area contributed by atoms with Crippen LogP contribution in [0.25, 0.3) is 11.5 Å². The van der Waals surface area contributed by atoms with Crippen LogP contribution in [-0.2, 0) is 6.54 Å². The SMILES string of the molecule is CNCc1nnc(-c2c(F)ccc([N+](=O)[O-])c2F)o1. The number of aromatic nitrogens is 2. The van der Waals surface area contributed by atoms with Gasteiger partial charge in [0, 0.05) is 6.07 Å². The molecule has 2 rings (SSSR count). The molecule has 2 aromatic rings. The molecule has 0 saturated carbocycles. The lowest BCUT2D eigenvalue weighted by atomic mass is 10.1. The maximum Gasteiger partial charge on any atom is 0.305 e. The van der Waals surface area contributed by atoms with Gasteiger partial charge in [0.25, 0.3) is 5.89 Å². The third-order valence-electron chi connectivity index (χ3n) is 2.28. The van der Waals surface area contributed by atoms with Gasteiger partial charge in [-0.15, -0.1) is 10.2 Å². The molecular formula is C10H8F2N4O3. The first-order valence-corrected chi connectivity index (χ1v) is 5.14. The van der Waals surface area contributed by atoms with Crippen molar-refractivity contribution in [2.45, 2.75) is 6.54 Å². The van der Waals surface area contributed by atoms with Crippen molar-refractivity contribution < 1.29 is 18.1 Å². The van der Waals surface area contributed by atoms with Gasteiger partial charge in [-0.2, -0.15) is 4.39 Å². The van der Waals surface area contributed by atoms with E-state index in [2.05, 4.69) is 15.5 Å². The Balaban J connectivity index is 2.53. The predicted molar refractivity (Wildman–Crippen MR) is 59.1 cm³/mol. The highest BCUT2D eigenvalue weighted by molar-refractivity contribution is 5.59. The second-order valence-electron chi connectivity index (χ2n) is 3.54. The number of rotatable bonds is 4.